The van der Waals surface area contributed by atoms with E-state index in [1.54, 1.807) is 13.8 Å². The molecule has 1 aromatic carbocycles. The second-order valence-corrected chi connectivity index (χ2v) is 6.75. The van der Waals surface area contributed by atoms with Crippen molar-refractivity contribution in [2.24, 2.45) is 0 Å². The van der Waals surface area contributed by atoms with Crippen LogP contribution in [0.25, 0.3) is 0 Å². The zero-order valence-corrected chi connectivity index (χ0v) is 15.1. The highest BCUT2D eigenvalue weighted by Gasteiger charge is 2.33. The molecule has 5 nitrogen and oxygen atoms in total. The Hall–Kier alpha value is -2.00. The number of ether oxygens (including phenoxy) is 1. The number of aromatic nitrogens is 2. The smallest absolute Gasteiger partial charge is 0.416 e. The van der Waals surface area contributed by atoms with Crippen LogP contribution in [0.4, 0.5) is 13.2 Å². The highest BCUT2D eigenvalue weighted by molar-refractivity contribution is 8.00. The van der Waals surface area contributed by atoms with Crippen molar-refractivity contribution in [3.05, 3.63) is 47.3 Å². The predicted molar refractivity (Wildman–Crippen MR) is 90.6 cm³/mol. The first-order valence-corrected chi connectivity index (χ1v) is 8.79. The van der Waals surface area contributed by atoms with E-state index in [9.17, 15) is 23.1 Å². The Kier molecular flexibility index (Phi) is 6.71. The minimum absolute atomic E-state index is 0.0540. The van der Waals surface area contributed by atoms with Gasteiger partial charge in [0.05, 0.1) is 37.2 Å². The molecule has 1 atom stereocenters. The van der Waals surface area contributed by atoms with Crippen molar-refractivity contribution < 1.29 is 27.8 Å². The molecule has 0 aliphatic carbocycles. The van der Waals surface area contributed by atoms with Crippen molar-refractivity contribution in [1.82, 2.24) is 9.55 Å². The topological polar surface area (TPSA) is 64.3 Å². The summed E-state index contributed by atoms with van der Waals surface area (Å²) < 4.78 is 46.1. The normalized spacial score (nSPS) is 12.8. The van der Waals surface area contributed by atoms with Crippen LogP contribution in [0.1, 0.15) is 30.7 Å². The molecule has 26 heavy (non-hydrogen) atoms. The zero-order valence-electron chi connectivity index (χ0n) is 14.3. The molecule has 0 aliphatic rings. The fourth-order valence-electron chi connectivity index (χ4n) is 2.35. The second-order valence-electron chi connectivity index (χ2n) is 5.44. The van der Waals surface area contributed by atoms with Crippen LogP contribution in [0, 0.1) is 0 Å². The van der Waals surface area contributed by atoms with Gasteiger partial charge in [-0.25, -0.2) is 4.98 Å². The van der Waals surface area contributed by atoms with E-state index in [2.05, 4.69) is 4.98 Å². The number of carbonyl (C=O) groups excluding carboxylic acids is 1. The van der Waals surface area contributed by atoms with E-state index in [-0.39, 0.29) is 25.3 Å². The van der Waals surface area contributed by atoms with E-state index in [1.807, 2.05) is 0 Å². The molecule has 1 aromatic heterocycles. The van der Waals surface area contributed by atoms with Crippen molar-refractivity contribution >= 4 is 17.7 Å². The van der Waals surface area contributed by atoms with E-state index in [1.165, 1.54) is 29.0 Å². The zero-order chi connectivity index (χ0) is 19.3. The van der Waals surface area contributed by atoms with Gasteiger partial charge in [0.1, 0.15) is 5.25 Å². The number of hydrogen-bond donors (Lipinski definition) is 1. The molecule has 142 valence electrons. The van der Waals surface area contributed by atoms with Crippen LogP contribution in [0.2, 0.25) is 0 Å². The molecule has 0 aliphatic heterocycles. The van der Waals surface area contributed by atoms with Gasteiger partial charge < -0.3 is 14.4 Å². The SMILES string of the molecule is CCOC(=O)[C@@H](C)Sc1ncc(CO)n1Cc1ccccc1C(F)(F)F. The molecule has 0 bridgehead atoms. The molecule has 0 amide bonds. The lowest BCUT2D eigenvalue weighted by molar-refractivity contribution is -0.142. The Bertz CT molecular complexity index is 762. The standard InChI is InChI=1S/C17H19F3N2O3S/c1-3-25-15(24)11(2)26-16-21-8-13(10-23)22(16)9-12-6-4-5-7-14(12)17(18,19)20/h4-8,11,23H,3,9-10H2,1-2H3/t11-/m1/s1. The van der Waals surface area contributed by atoms with Crippen molar-refractivity contribution in [3.8, 4) is 0 Å². The second kappa shape index (κ2) is 8.59. The molecule has 2 aromatic rings. The quantitative estimate of drug-likeness (QED) is 0.581. The van der Waals surface area contributed by atoms with Gasteiger partial charge >= 0.3 is 12.1 Å². The van der Waals surface area contributed by atoms with Gasteiger partial charge in [-0.15, -0.1) is 0 Å². The molecular formula is C17H19F3N2O3S. The number of benzene rings is 1. The summed E-state index contributed by atoms with van der Waals surface area (Å²) >= 11 is 1.07. The number of halogens is 3. The Morgan fingerprint density at radius 1 is 1.38 bits per heavy atom. The van der Waals surface area contributed by atoms with Gasteiger partial charge in [0, 0.05) is 0 Å². The number of carbonyl (C=O) groups is 1. The predicted octanol–water partition coefficient (Wildman–Crippen LogP) is 3.49. The van der Waals surface area contributed by atoms with Gasteiger partial charge in [0.15, 0.2) is 5.16 Å². The van der Waals surface area contributed by atoms with Crippen LogP contribution in [0.3, 0.4) is 0 Å². The van der Waals surface area contributed by atoms with Crippen molar-refractivity contribution in [3.63, 3.8) is 0 Å². The molecular weight excluding hydrogens is 369 g/mol. The number of esters is 1. The average molecular weight is 388 g/mol. The van der Waals surface area contributed by atoms with Crippen LogP contribution in [0.15, 0.2) is 35.6 Å². The summed E-state index contributed by atoms with van der Waals surface area (Å²) in [6, 6.07) is 5.24. The lowest BCUT2D eigenvalue weighted by Crippen LogP contribution is -2.18. The third-order valence-electron chi connectivity index (χ3n) is 3.62. The number of aliphatic hydroxyl groups is 1. The van der Waals surface area contributed by atoms with Gasteiger partial charge in [0.2, 0.25) is 0 Å². The van der Waals surface area contributed by atoms with E-state index >= 15 is 0 Å². The van der Waals surface area contributed by atoms with Crippen molar-refractivity contribution in [2.45, 2.75) is 43.6 Å². The van der Waals surface area contributed by atoms with E-state index < -0.39 is 23.0 Å². The largest absolute Gasteiger partial charge is 0.465 e. The van der Waals surface area contributed by atoms with Gasteiger partial charge in [-0.05, 0) is 25.5 Å². The van der Waals surface area contributed by atoms with Gasteiger partial charge in [-0.2, -0.15) is 13.2 Å². The molecule has 0 radical (unpaired) electrons. The summed E-state index contributed by atoms with van der Waals surface area (Å²) in [6.07, 6.45) is -3.10. The van der Waals surface area contributed by atoms with Crippen LogP contribution in [0.5, 0.6) is 0 Å². The lowest BCUT2D eigenvalue weighted by Gasteiger charge is -2.17. The molecule has 0 saturated heterocycles. The molecule has 0 spiro atoms. The minimum atomic E-state index is -4.48. The van der Waals surface area contributed by atoms with Crippen LogP contribution in [-0.4, -0.2) is 32.5 Å². The minimum Gasteiger partial charge on any atom is -0.465 e. The first-order valence-electron chi connectivity index (χ1n) is 7.91. The molecule has 0 fully saturated rings. The van der Waals surface area contributed by atoms with Crippen molar-refractivity contribution in [2.75, 3.05) is 6.61 Å². The Morgan fingerprint density at radius 3 is 2.69 bits per heavy atom. The number of hydrogen-bond acceptors (Lipinski definition) is 5. The van der Waals surface area contributed by atoms with E-state index in [0.717, 1.165) is 17.8 Å². The Morgan fingerprint density at radius 2 is 2.08 bits per heavy atom. The lowest BCUT2D eigenvalue weighted by atomic mass is 10.1. The Balaban J connectivity index is 2.33. The molecule has 1 N–H and O–H groups in total. The number of rotatable bonds is 7. The molecule has 9 heteroatoms. The average Bonchev–Trinajstić information content (AvgIpc) is 2.96. The molecule has 0 saturated carbocycles. The fourth-order valence-corrected chi connectivity index (χ4v) is 3.26. The molecule has 0 unspecified atom stereocenters. The maximum atomic E-state index is 13.2. The summed E-state index contributed by atoms with van der Waals surface area (Å²) in [5.41, 5.74) is -0.328. The van der Waals surface area contributed by atoms with Gasteiger partial charge in [0.25, 0.3) is 0 Å². The maximum absolute atomic E-state index is 13.2. The molecule has 1 heterocycles. The Labute approximate surface area is 153 Å². The van der Waals surface area contributed by atoms with E-state index in [0.29, 0.717) is 10.9 Å². The van der Waals surface area contributed by atoms with Gasteiger partial charge in [-0.3, -0.25) is 4.79 Å². The van der Waals surface area contributed by atoms with Crippen molar-refractivity contribution in [1.29, 1.82) is 0 Å². The summed E-state index contributed by atoms with van der Waals surface area (Å²) in [7, 11) is 0. The third-order valence-corrected chi connectivity index (χ3v) is 4.70. The number of aliphatic hydroxyl groups excluding tert-OH is 1. The summed E-state index contributed by atoms with van der Waals surface area (Å²) in [5, 5.41) is 9.24. The van der Waals surface area contributed by atoms with Gasteiger partial charge in [-0.1, -0.05) is 30.0 Å². The highest BCUT2D eigenvalue weighted by atomic mass is 32.2. The van der Waals surface area contributed by atoms with E-state index in [4.69, 9.17) is 4.74 Å². The van der Waals surface area contributed by atoms with Crippen LogP contribution >= 0.6 is 11.8 Å². The first-order chi connectivity index (χ1) is 12.3. The summed E-state index contributed by atoms with van der Waals surface area (Å²) in [4.78, 5) is 15.9. The number of nitrogens with zero attached hydrogens (tertiary/aromatic N) is 2. The van der Waals surface area contributed by atoms with Crippen LogP contribution < -0.4 is 0 Å². The number of imidazole rings is 1. The monoisotopic (exact) mass is 388 g/mol. The summed E-state index contributed by atoms with van der Waals surface area (Å²) in [5.74, 6) is -0.437. The number of alkyl halides is 3. The highest BCUT2D eigenvalue weighted by Crippen LogP contribution is 2.33. The molecule has 2 rings (SSSR count). The number of thioether (sulfide) groups is 1. The maximum Gasteiger partial charge on any atom is 0.416 e. The summed E-state index contributed by atoms with van der Waals surface area (Å²) in [6.45, 7) is 3.05. The first kappa shape index (κ1) is 20.3. The third kappa shape index (κ3) is 4.79. The fraction of sp³-hybridized carbons (Fsp3) is 0.412. The van der Waals surface area contributed by atoms with Crippen LogP contribution in [-0.2, 0) is 28.9 Å².